The third-order valence-electron chi connectivity index (χ3n) is 17.3. The standard InChI is InChI=1S/C74H52N2O2/c1-73(2)64-26-16-14-24-56(64)58-42-54(32-34-66(58)73)75(50-20-10-6-11-21-50)52-30-28-46-38-60-62-44-63-61-39-47-29-31-53(76(51-22-12-7-13-23-51)55-33-35-67-59(43-55)57-25-15-17-27-65(57)74(67,3)4)37-49(47)41-69(61)78-72(63)70(45-18-8-5-9-19-45)71(62)77-68(60)40-48(46)36-52/h5-44H,1-4H3. The Kier molecular flexibility index (Phi) is 9.40. The van der Waals surface area contributed by atoms with E-state index in [1.807, 2.05) is 0 Å². The van der Waals surface area contributed by atoms with Crippen LogP contribution in [-0.4, -0.2) is 0 Å². The molecule has 0 fully saturated rings. The van der Waals surface area contributed by atoms with Crippen LogP contribution in [0.1, 0.15) is 49.9 Å². The van der Waals surface area contributed by atoms with Gasteiger partial charge in [0.1, 0.15) is 22.3 Å². The van der Waals surface area contributed by atoms with Gasteiger partial charge in [0.05, 0.1) is 5.56 Å². The molecule has 12 aromatic carbocycles. The summed E-state index contributed by atoms with van der Waals surface area (Å²) in [7, 11) is 0. The second-order valence-electron chi connectivity index (χ2n) is 22.5. The molecule has 2 aliphatic rings. The minimum absolute atomic E-state index is 0.0688. The molecule has 0 unspecified atom stereocenters. The molecule has 0 radical (unpaired) electrons. The molecule has 2 aliphatic carbocycles. The van der Waals surface area contributed by atoms with Crippen molar-refractivity contribution in [2.45, 2.75) is 38.5 Å². The number of anilines is 6. The molecular formula is C74H52N2O2. The number of furan rings is 2. The van der Waals surface area contributed by atoms with Crippen molar-refractivity contribution in [2.24, 2.45) is 0 Å². The SMILES string of the molecule is CC1(C)c2ccccc2-c2cc(N(c3ccccc3)c3ccc4cc5c(cc4c3)oc3c(-c4ccccc4)c4oc6cc7cc(N(c8ccccc8)c8ccc9c(c8)-c8ccccc8C9(C)C)ccc7cc6c4cc35)ccc21. The Bertz CT molecular complexity index is 4510. The smallest absolute Gasteiger partial charge is 0.147 e. The number of fused-ring (bicyclic) bond motifs is 14. The Labute approximate surface area is 452 Å². The van der Waals surface area contributed by atoms with Crippen LogP contribution in [0.4, 0.5) is 34.1 Å². The second kappa shape index (κ2) is 16.4. The largest absolute Gasteiger partial charge is 0.455 e. The molecule has 0 bridgehead atoms. The molecule has 0 aliphatic heterocycles. The highest BCUT2D eigenvalue weighted by Crippen LogP contribution is 2.53. The fourth-order valence-electron chi connectivity index (χ4n) is 13.5. The molecule has 16 rings (SSSR count). The topological polar surface area (TPSA) is 32.8 Å². The van der Waals surface area contributed by atoms with Gasteiger partial charge in [0, 0.05) is 66.5 Å². The summed E-state index contributed by atoms with van der Waals surface area (Å²) in [5, 5.41) is 8.76. The number of hydrogen-bond acceptors (Lipinski definition) is 4. The number of benzene rings is 12. The second-order valence-corrected chi connectivity index (χ2v) is 22.5. The van der Waals surface area contributed by atoms with Gasteiger partial charge in [0.15, 0.2) is 0 Å². The van der Waals surface area contributed by atoms with Crippen LogP contribution in [0.5, 0.6) is 0 Å². The van der Waals surface area contributed by atoms with Crippen LogP contribution >= 0.6 is 0 Å². The zero-order valence-electron chi connectivity index (χ0n) is 43.8. The Balaban J connectivity index is 0.831. The maximum absolute atomic E-state index is 7.11. The highest BCUT2D eigenvalue weighted by atomic mass is 16.3. The van der Waals surface area contributed by atoms with Gasteiger partial charge in [-0.1, -0.05) is 167 Å². The van der Waals surface area contributed by atoms with Crippen molar-refractivity contribution in [3.8, 4) is 33.4 Å². The van der Waals surface area contributed by atoms with Gasteiger partial charge in [-0.25, -0.2) is 0 Å². The van der Waals surface area contributed by atoms with E-state index in [2.05, 4.69) is 280 Å². The highest BCUT2D eigenvalue weighted by Gasteiger charge is 2.37. The van der Waals surface area contributed by atoms with E-state index >= 15 is 0 Å². The lowest BCUT2D eigenvalue weighted by Crippen LogP contribution is -2.15. The van der Waals surface area contributed by atoms with Gasteiger partial charge < -0.3 is 18.6 Å². The molecule has 14 aromatic rings. The first-order valence-electron chi connectivity index (χ1n) is 27.1. The summed E-state index contributed by atoms with van der Waals surface area (Å²) >= 11 is 0. The Morgan fingerprint density at radius 3 is 1.13 bits per heavy atom. The predicted octanol–water partition coefficient (Wildman–Crippen LogP) is 21.0. The quantitative estimate of drug-likeness (QED) is 0.159. The molecule has 0 amide bonds. The molecule has 2 aromatic heterocycles. The summed E-state index contributed by atoms with van der Waals surface area (Å²) < 4.78 is 14.2. The van der Waals surface area contributed by atoms with Crippen LogP contribution in [0.15, 0.2) is 251 Å². The van der Waals surface area contributed by atoms with Gasteiger partial charge in [0.2, 0.25) is 0 Å². The third kappa shape index (κ3) is 6.53. The van der Waals surface area contributed by atoms with E-state index in [0.29, 0.717) is 0 Å². The van der Waals surface area contributed by atoms with Gasteiger partial charge >= 0.3 is 0 Å². The molecular weight excluding hydrogens is 949 g/mol. The number of nitrogens with zero attached hydrogens (tertiary/aromatic N) is 2. The number of rotatable bonds is 7. The average Bonchev–Trinajstić information content (AvgIpc) is 4.31. The van der Waals surface area contributed by atoms with Crippen molar-refractivity contribution >= 4 is 99.5 Å². The molecule has 0 spiro atoms. The van der Waals surface area contributed by atoms with Crippen molar-refractivity contribution in [3.05, 3.63) is 265 Å². The summed E-state index contributed by atoms with van der Waals surface area (Å²) in [5.41, 5.74) is 22.4. The van der Waals surface area contributed by atoms with E-state index in [9.17, 15) is 0 Å². The number of para-hydroxylation sites is 2. The first-order valence-corrected chi connectivity index (χ1v) is 27.1. The van der Waals surface area contributed by atoms with E-state index in [-0.39, 0.29) is 10.8 Å². The van der Waals surface area contributed by atoms with Gasteiger partial charge in [-0.05, 0) is 175 Å². The van der Waals surface area contributed by atoms with Crippen LogP contribution in [0.3, 0.4) is 0 Å². The molecule has 0 atom stereocenters. The van der Waals surface area contributed by atoms with Crippen molar-refractivity contribution < 1.29 is 8.83 Å². The van der Waals surface area contributed by atoms with E-state index < -0.39 is 0 Å². The van der Waals surface area contributed by atoms with Crippen LogP contribution in [0.2, 0.25) is 0 Å². The Morgan fingerprint density at radius 2 is 0.667 bits per heavy atom. The maximum atomic E-state index is 7.11. The summed E-state index contributed by atoms with van der Waals surface area (Å²) in [5.74, 6) is 0. The summed E-state index contributed by atoms with van der Waals surface area (Å²) in [6.45, 7) is 9.35. The normalized spacial score (nSPS) is 13.8. The van der Waals surface area contributed by atoms with Crippen LogP contribution < -0.4 is 9.80 Å². The van der Waals surface area contributed by atoms with Crippen molar-refractivity contribution in [2.75, 3.05) is 9.80 Å². The Morgan fingerprint density at radius 1 is 0.282 bits per heavy atom. The molecule has 0 N–H and O–H groups in total. The summed E-state index contributed by atoms with van der Waals surface area (Å²) in [6, 6.07) is 88.7. The van der Waals surface area contributed by atoms with Crippen molar-refractivity contribution in [3.63, 3.8) is 0 Å². The van der Waals surface area contributed by atoms with Gasteiger partial charge in [0.25, 0.3) is 0 Å². The van der Waals surface area contributed by atoms with E-state index in [1.54, 1.807) is 0 Å². The molecule has 78 heavy (non-hydrogen) atoms. The molecule has 4 heteroatoms. The molecule has 2 heterocycles. The van der Waals surface area contributed by atoms with Crippen LogP contribution in [-0.2, 0) is 10.8 Å². The van der Waals surface area contributed by atoms with Gasteiger partial charge in [-0.3, -0.25) is 0 Å². The monoisotopic (exact) mass is 1000 g/mol. The molecule has 0 saturated carbocycles. The first-order chi connectivity index (χ1) is 38.2. The summed E-state index contributed by atoms with van der Waals surface area (Å²) in [4.78, 5) is 4.75. The maximum Gasteiger partial charge on any atom is 0.147 e. The molecule has 4 nitrogen and oxygen atoms in total. The van der Waals surface area contributed by atoms with E-state index in [0.717, 1.165) is 111 Å². The van der Waals surface area contributed by atoms with Gasteiger partial charge in [-0.2, -0.15) is 0 Å². The fraction of sp³-hybridized carbons (Fsp3) is 0.0811. The average molecular weight is 1000 g/mol. The zero-order valence-corrected chi connectivity index (χ0v) is 43.8. The lowest BCUT2D eigenvalue weighted by Gasteiger charge is -2.27. The van der Waals surface area contributed by atoms with E-state index in [4.69, 9.17) is 8.83 Å². The Hall–Kier alpha value is -9.64. The lowest BCUT2D eigenvalue weighted by molar-refractivity contribution is 0.658. The minimum atomic E-state index is -0.0688. The zero-order chi connectivity index (χ0) is 52.0. The van der Waals surface area contributed by atoms with Crippen LogP contribution in [0, 0.1) is 0 Å². The molecule has 0 saturated heterocycles. The van der Waals surface area contributed by atoms with Gasteiger partial charge in [-0.15, -0.1) is 0 Å². The highest BCUT2D eigenvalue weighted by molar-refractivity contribution is 6.24. The fourth-order valence-corrected chi connectivity index (χ4v) is 13.5. The molecule has 370 valence electrons. The number of hydrogen-bond donors (Lipinski definition) is 0. The first kappa shape index (κ1) is 44.6. The van der Waals surface area contributed by atoms with Crippen LogP contribution in [0.25, 0.3) is 98.8 Å². The van der Waals surface area contributed by atoms with Crippen molar-refractivity contribution in [1.82, 2.24) is 0 Å². The third-order valence-corrected chi connectivity index (χ3v) is 17.3. The summed E-state index contributed by atoms with van der Waals surface area (Å²) in [6.07, 6.45) is 0. The lowest BCUT2D eigenvalue weighted by atomic mass is 9.82. The van der Waals surface area contributed by atoms with Crippen molar-refractivity contribution in [1.29, 1.82) is 0 Å². The minimum Gasteiger partial charge on any atom is -0.455 e. The van der Waals surface area contributed by atoms with E-state index in [1.165, 1.54) is 44.5 Å². The predicted molar refractivity (Wildman–Crippen MR) is 326 cm³/mol.